The van der Waals surface area contributed by atoms with Crippen molar-refractivity contribution >= 4 is 28.4 Å². The van der Waals surface area contributed by atoms with E-state index >= 15 is 0 Å². The molecule has 0 saturated carbocycles. The number of rotatable bonds is 9. The Bertz CT molecular complexity index is 1150. The van der Waals surface area contributed by atoms with Gasteiger partial charge >= 0.3 is 5.97 Å². The molecular formula is C26H30N2O4. The predicted molar refractivity (Wildman–Crippen MR) is 126 cm³/mol. The van der Waals surface area contributed by atoms with Crippen molar-refractivity contribution in [1.82, 2.24) is 4.57 Å². The monoisotopic (exact) mass is 434 g/mol. The smallest absolute Gasteiger partial charge is 0.347 e. The van der Waals surface area contributed by atoms with E-state index in [1.807, 2.05) is 63.2 Å². The van der Waals surface area contributed by atoms with Crippen LogP contribution >= 0.6 is 0 Å². The third-order valence-electron chi connectivity index (χ3n) is 5.47. The van der Waals surface area contributed by atoms with Gasteiger partial charge in [0.25, 0.3) is 0 Å². The Morgan fingerprint density at radius 1 is 1.09 bits per heavy atom. The number of benzene rings is 2. The van der Waals surface area contributed by atoms with Crippen molar-refractivity contribution in [3.63, 3.8) is 0 Å². The molecule has 0 bridgehead atoms. The Morgan fingerprint density at radius 2 is 1.78 bits per heavy atom. The molecule has 168 valence electrons. The topological polar surface area (TPSA) is 83.5 Å². The fourth-order valence-corrected chi connectivity index (χ4v) is 3.87. The van der Waals surface area contributed by atoms with Crippen molar-refractivity contribution in [3.05, 3.63) is 71.9 Å². The fourth-order valence-electron chi connectivity index (χ4n) is 3.87. The van der Waals surface area contributed by atoms with Gasteiger partial charge in [-0.15, -0.1) is 0 Å². The van der Waals surface area contributed by atoms with Crippen molar-refractivity contribution in [2.24, 2.45) is 11.7 Å². The van der Waals surface area contributed by atoms with E-state index in [1.54, 1.807) is 13.0 Å². The molecule has 6 heteroatoms. The summed E-state index contributed by atoms with van der Waals surface area (Å²) in [5, 5.41) is 0.708. The largest absolute Gasteiger partial charge is 0.478 e. The summed E-state index contributed by atoms with van der Waals surface area (Å²) in [7, 11) is 0. The quantitative estimate of drug-likeness (QED) is 0.398. The van der Waals surface area contributed by atoms with Crippen LogP contribution in [0.1, 0.15) is 37.6 Å². The normalized spacial score (nSPS) is 12.0. The molecular weight excluding hydrogens is 404 g/mol. The first-order chi connectivity index (χ1) is 15.3. The summed E-state index contributed by atoms with van der Waals surface area (Å²) in [5.74, 6) is -0.649. The number of ether oxygens (including phenoxy) is 2. The van der Waals surface area contributed by atoms with Crippen LogP contribution in [-0.2, 0) is 20.9 Å². The number of carbonyl (C=O) groups excluding carboxylic acids is 2. The first-order valence-electron chi connectivity index (χ1n) is 10.7. The van der Waals surface area contributed by atoms with Crippen molar-refractivity contribution in [1.29, 1.82) is 0 Å². The van der Waals surface area contributed by atoms with Gasteiger partial charge in [-0.05, 0) is 31.5 Å². The number of hydrogen-bond donors (Lipinski definition) is 1. The number of carbonyl (C=O) groups is 2. The number of hydrogen-bond acceptors (Lipinski definition) is 4. The van der Waals surface area contributed by atoms with Gasteiger partial charge in [0, 0.05) is 29.3 Å². The second-order valence-electron chi connectivity index (χ2n) is 8.06. The second-order valence-corrected chi connectivity index (χ2v) is 8.06. The van der Waals surface area contributed by atoms with Crippen LogP contribution in [0.5, 0.6) is 5.75 Å². The summed E-state index contributed by atoms with van der Waals surface area (Å²) < 4.78 is 13.5. The first kappa shape index (κ1) is 23.1. The van der Waals surface area contributed by atoms with Gasteiger partial charge < -0.3 is 19.8 Å². The minimum Gasteiger partial charge on any atom is -0.478 e. The van der Waals surface area contributed by atoms with E-state index in [2.05, 4.69) is 11.1 Å². The maximum Gasteiger partial charge on any atom is 0.347 e. The zero-order chi connectivity index (χ0) is 23.4. The lowest BCUT2D eigenvalue weighted by molar-refractivity contribution is -0.153. The van der Waals surface area contributed by atoms with Crippen LogP contribution in [0.15, 0.2) is 55.1 Å². The predicted octanol–water partition coefficient (Wildman–Crippen LogP) is 4.46. The highest BCUT2D eigenvalue weighted by Gasteiger charge is 2.28. The highest BCUT2D eigenvalue weighted by Crippen LogP contribution is 2.38. The molecule has 1 aromatic heterocycles. The second kappa shape index (κ2) is 9.73. The molecule has 0 aliphatic carbocycles. The molecule has 1 unspecified atom stereocenters. The Balaban J connectivity index is 2.20. The molecule has 0 spiro atoms. The number of aromatic nitrogens is 1. The molecule has 0 saturated heterocycles. The van der Waals surface area contributed by atoms with E-state index in [9.17, 15) is 9.59 Å². The van der Waals surface area contributed by atoms with E-state index in [0.717, 1.165) is 16.8 Å². The molecule has 0 fully saturated rings. The fraction of sp³-hybridized carbons (Fsp3) is 0.308. The van der Waals surface area contributed by atoms with Crippen LogP contribution in [0.2, 0.25) is 0 Å². The summed E-state index contributed by atoms with van der Waals surface area (Å²) in [4.78, 5) is 24.6. The SMILES string of the molecule is C=C(C(N)=O)c1c(C)n(Cc2ccccc2)c2cccc(OC(C(=O)OCC)C(C)C)c12. The summed E-state index contributed by atoms with van der Waals surface area (Å²) in [6, 6.07) is 15.7. The van der Waals surface area contributed by atoms with Gasteiger partial charge in [0.1, 0.15) is 5.75 Å². The van der Waals surface area contributed by atoms with Gasteiger partial charge in [-0.1, -0.05) is 56.8 Å². The Hall–Kier alpha value is -3.54. The molecule has 0 aliphatic rings. The van der Waals surface area contributed by atoms with Crippen molar-refractivity contribution in [3.8, 4) is 5.75 Å². The molecule has 1 atom stereocenters. The highest BCUT2D eigenvalue weighted by atomic mass is 16.6. The highest BCUT2D eigenvalue weighted by molar-refractivity contribution is 6.22. The van der Waals surface area contributed by atoms with Gasteiger partial charge in [-0.25, -0.2) is 4.79 Å². The average Bonchev–Trinajstić information content (AvgIpc) is 3.04. The summed E-state index contributed by atoms with van der Waals surface area (Å²) in [6.45, 7) is 12.3. The number of amides is 1. The van der Waals surface area contributed by atoms with Gasteiger partial charge in [0.2, 0.25) is 5.91 Å². The van der Waals surface area contributed by atoms with Crippen molar-refractivity contribution < 1.29 is 19.1 Å². The third kappa shape index (κ3) is 4.54. The summed E-state index contributed by atoms with van der Waals surface area (Å²) in [5.41, 5.74) is 9.27. The zero-order valence-electron chi connectivity index (χ0n) is 19.1. The van der Waals surface area contributed by atoms with E-state index in [0.29, 0.717) is 23.2 Å². The molecule has 32 heavy (non-hydrogen) atoms. The van der Waals surface area contributed by atoms with Crippen LogP contribution in [0.4, 0.5) is 0 Å². The maximum atomic E-state index is 12.5. The first-order valence-corrected chi connectivity index (χ1v) is 10.7. The zero-order valence-corrected chi connectivity index (χ0v) is 19.1. The Morgan fingerprint density at radius 3 is 2.38 bits per heavy atom. The molecule has 3 rings (SSSR count). The third-order valence-corrected chi connectivity index (χ3v) is 5.47. The maximum absolute atomic E-state index is 12.5. The average molecular weight is 435 g/mol. The number of nitrogens with two attached hydrogens (primary N) is 1. The number of nitrogens with zero attached hydrogens (tertiary/aromatic N) is 1. The molecule has 0 aliphatic heterocycles. The summed E-state index contributed by atoms with van der Waals surface area (Å²) >= 11 is 0. The van der Waals surface area contributed by atoms with Crippen LogP contribution in [0, 0.1) is 12.8 Å². The van der Waals surface area contributed by atoms with Crippen LogP contribution in [0.25, 0.3) is 16.5 Å². The molecule has 2 N–H and O–H groups in total. The molecule has 3 aromatic rings. The number of primary amides is 1. The number of esters is 1. The molecule has 0 radical (unpaired) electrons. The Kier molecular flexibility index (Phi) is 7.03. The minimum absolute atomic E-state index is 0.111. The van der Waals surface area contributed by atoms with Crippen molar-refractivity contribution in [2.75, 3.05) is 6.61 Å². The van der Waals surface area contributed by atoms with Gasteiger partial charge in [0.05, 0.1) is 17.5 Å². The van der Waals surface area contributed by atoms with Gasteiger partial charge in [-0.3, -0.25) is 4.79 Å². The van der Waals surface area contributed by atoms with Crippen molar-refractivity contribution in [2.45, 2.75) is 40.3 Å². The lowest BCUT2D eigenvalue weighted by Gasteiger charge is -2.21. The van der Waals surface area contributed by atoms with Crippen LogP contribution < -0.4 is 10.5 Å². The van der Waals surface area contributed by atoms with Gasteiger partial charge in [-0.2, -0.15) is 0 Å². The minimum atomic E-state index is -0.784. The van der Waals surface area contributed by atoms with E-state index in [1.165, 1.54) is 0 Å². The molecule has 2 aromatic carbocycles. The molecule has 6 nitrogen and oxygen atoms in total. The van der Waals surface area contributed by atoms with Gasteiger partial charge in [0.15, 0.2) is 6.10 Å². The van der Waals surface area contributed by atoms with E-state index in [-0.39, 0.29) is 18.1 Å². The van der Waals surface area contributed by atoms with Crippen LogP contribution in [0.3, 0.4) is 0 Å². The van der Waals surface area contributed by atoms with E-state index < -0.39 is 18.0 Å². The standard InChI is InChI=1S/C26H30N2O4/c1-6-31-26(30)24(16(2)3)32-21-14-10-13-20-23(21)22(17(4)25(27)29)18(5)28(20)15-19-11-8-7-9-12-19/h7-14,16,24H,4,6,15H2,1-3,5H3,(H2,27,29). The molecule has 1 heterocycles. The molecule has 1 amide bonds. The Labute approximate surface area is 188 Å². The summed E-state index contributed by atoms with van der Waals surface area (Å²) in [6.07, 6.45) is -0.784. The lowest BCUT2D eigenvalue weighted by Crippen LogP contribution is -2.34. The van der Waals surface area contributed by atoms with Crippen LogP contribution in [-0.4, -0.2) is 29.2 Å². The van der Waals surface area contributed by atoms with E-state index in [4.69, 9.17) is 15.2 Å². The number of fused-ring (bicyclic) bond motifs is 1. The lowest BCUT2D eigenvalue weighted by atomic mass is 10.0.